The largest absolute Gasteiger partial charge is 0.330 e. The van der Waals surface area contributed by atoms with Crippen molar-refractivity contribution in [1.29, 1.82) is 0 Å². The van der Waals surface area contributed by atoms with E-state index >= 15 is 0 Å². The third-order valence-corrected chi connectivity index (χ3v) is 4.09. The molecule has 0 spiro atoms. The number of imidazole rings is 1. The maximum atomic E-state index is 14.2. The van der Waals surface area contributed by atoms with Crippen molar-refractivity contribution >= 4 is 16.8 Å². The second-order valence-corrected chi connectivity index (χ2v) is 5.74. The maximum absolute atomic E-state index is 14.2. The third-order valence-electron chi connectivity index (χ3n) is 4.09. The standard InChI is InChI=1S/C15H17FN2O/c1-15(8-11(19)6-7-14(15)16)9-18-10-17-12-4-2-3-5-13(12)18/h2-5,10,14H,6-9H2,1H3/t14-,15+/m1/s1. The highest BCUT2D eigenvalue weighted by molar-refractivity contribution is 5.80. The zero-order chi connectivity index (χ0) is 13.5. The number of rotatable bonds is 2. The van der Waals surface area contributed by atoms with Gasteiger partial charge in [-0.3, -0.25) is 4.79 Å². The van der Waals surface area contributed by atoms with Crippen LogP contribution in [0.4, 0.5) is 4.39 Å². The molecule has 1 aliphatic rings. The van der Waals surface area contributed by atoms with Crippen molar-refractivity contribution in [2.24, 2.45) is 5.41 Å². The van der Waals surface area contributed by atoms with Crippen LogP contribution < -0.4 is 0 Å². The molecule has 2 atom stereocenters. The number of carbonyl (C=O) groups is 1. The van der Waals surface area contributed by atoms with E-state index in [-0.39, 0.29) is 5.78 Å². The van der Waals surface area contributed by atoms with E-state index in [0.717, 1.165) is 11.0 Å². The molecule has 1 aromatic carbocycles. The molecule has 1 saturated carbocycles. The first-order valence-corrected chi connectivity index (χ1v) is 6.64. The molecule has 2 aromatic rings. The van der Waals surface area contributed by atoms with E-state index in [9.17, 15) is 9.18 Å². The molecule has 3 rings (SSSR count). The summed E-state index contributed by atoms with van der Waals surface area (Å²) in [4.78, 5) is 15.9. The number of hydrogen-bond donors (Lipinski definition) is 0. The molecule has 0 amide bonds. The minimum atomic E-state index is -0.925. The molecule has 0 aliphatic heterocycles. The quantitative estimate of drug-likeness (QED) is 0.831. The fourth-order valence-electron chi connectivity index (χ4n) is 2.97. The van der Waals surface area contributed by atoms with E-state index in [1.165, 1.54) is 0 Å². The lowest BCUT2D eigenvalue weighted by atomic mass is 9.73. The normalized spacial score (nSPS) is 27.9. The predicted octanol–water partition coefficient (Wildman–Crippen LogP) is 3.13. The molecule has 19 heavy (non-hydrogen) atoms. The number of ketones is 1. The van der Waals surface area contributed by atoms with Crippen LogP contribution in [-0.2, 0) is 11.3 Å². The summed E-state index contributed by atoms with van der Waals surface area (Å²) in [6.07, 6.45) is 1.86. The van der Waals surface area contributed by atoms with Crippen molar-refractivity contribution in [3.05, 3.63) is 30.6 Å². The zero-order valence-electron chi connectivity index (χ0n) is 11.0. The number of nitrogens with zero attached hydrogens (tertiary/aromatic N) is 2. The first-order chi connectivity index (χ1) is 9.08. The molecule has 1 fully saturated rings. The van der Waals surface area contributed by atoms with E-state index in [1.807, 2.05) is 35.8 Å². The molecule has 0 radical (unpaired) electrons. The topological polar surface area (TPSA) is 34.9 Å². The Bertz CT molecular complexity index is 621. The molecule has 100 valence electrons. The van der Waals surface area contributed by atoms with Gasteiger partial charge in [-0.1, -0.05) is 19.1 Å². The lowest BCUT2D eigenvalue weighted by molar-refractivity contribution is -0.126. The summed E-state index contributed by atoms with van der Waals surface area (Å²) >= 11 is 0. The molecule has 1 aliphatic carbocycles. The van der Waals surface area contributed by atoms with Gasteiger partial charge in [0.15, 0.2) is 0 Å². The number of fused-ring (bicyclic) bond motifs is 1. The second kappa shape index (κ2) is 4.44. The van der Waals surface area contributed by atoms with Crippen molar-refractivity contribution < 1.29 is 9.18 Å². The Hall–Kier alpha value is -1.71. The summed E-state index contributed by atoms with van der Waals surface area (Å²) in [5, 5.41) is 0. The Morgan fingerprint density at radius 2 is 2.26 bits per heavy atom. The minimum absolute atomic E-state index is 0.167. The first kappa shape index (κ1) is 12.3. The summed E-state index contributed by atoms with van der Waals surface area (Å²) < 4.78 is 16.2. The first-order valence-electron chi connectivity index (χ1n) is 6.64. The molecule has 0 bridgehead atoms. The summed E-state index contributed by atoms with van der Waals surface area (Å²) in [5.41, 5.74) is 1.29. The average molecular weight is 260 g/mol. The summed E-state index contributed by atoms with van der Waals surface area (Å²) in [5.74, 6) is 0.167. The Balaban J connectivity index is 1.93. The van der Waals surface area contributed by atoms with Crippen molar-refractivity contribution in [3.8, 4) is 0 Å². The second-order valence-electron chi connectivity index (χ2n) is 5.74. The van der Waals surface area contributed by atoms with Gasteiger partial charge in [-0.05, 0) is 18.6 Å². The van der Waals surface area contributed by atoms with E-state index in [0.29, 0.717) is 25.8 Å². The molecule has 0 unspecified atom stereocenters. The maximum Gasteiger partial charge on any atom is 0.133 e. The SMILES string of the molecule is C[C@@]1(Cn2cnc3ccccc32)CC(=O)CC[C@H]1F. The van der Waals surface area contributed by atoms with Crippen LogP contribution in [0.1, 0.15) is 26.2 Å². The van der Waals surface area contributed by atoms with E-state index in [1.54, 1.807) is 6.33 Å². The van der Waals surface area contributed by atoms with Gasteiger partial charge in [0, 0.05) is 24.8 Å². The number of hydrogen-bond acceptors (Lipinski definition) is 2. The number of benzene rings is 1. The van der Waals surface area contributed by atoms with Crippen LogP contribution in [-0.4, -0.2) is 21.5 Å². The van der Waals surface area contributed by atoms with Crippen molar-refractivity contribution in [1.82, 2.24) is 9.55 Å². The monoisotopic (exact) mass is 260 g/mol. The van der Waals surface area contributed by atoms with Gasteiger partial charge < -0.3 is 4.57 Å². The number of carbonyl (C=O) groups excluding carboxylic acids is 1. The fraction of sp³-hybridized carbons (Fsp3) is 0.467. The van der Waals surface area contributed by atoms with Crippen LogP contribution in [0.2, 0.25) is 0 Å². The molecule has 3 nitrogen and oxygen atoms in total. The highest BCUT2D eigenvalue weighted by Gasteiger charge is 2.40. The Morgan fingerprint density at radius 3 is 3.11 bits per heavy atom. The van der Waals surface area contributed by atoms with Gasteiger partial charge in [0.25, 0.3) is 0 Å². The lowest BCUT2D eigenvalue weighted by Crippen LogP contribution is -2.39. The van der Waals surface area contributed by atoms with Gasteiger partial charge in [-0.25, -0.2) is 9.37 Å². The number of alkyl halides is 1. The van der Waals surface area contributed by atoms with Crippen molar-refractivity contribution in [2.75, 3.05) is 0 Å². The van der Waals surface area contributed by atoms with Crippen LogP contribution in [0.5, 0.6) is 0 Å². The fourth-order valence-corrected chi connectivity index (χ4v) is 2.97. The van der Waals surface area contributed by atoms with Crippen LogP contribution in [0.25, 0.3) is 11.0 Å². The van der Waals surface area contributed by atoms with Gasteiger partial charge in [0.2, 0.25) is 0 Å². The van der Waals surface area contributed by atoms with Crippen molar-refractivity contribution in [3.63, 3.8) is 0 Å². The van der Waals surface area contributed by atoms with E-state index in [4.69, 9.17) is 0 Å². The smallest absolute Gasteiger partial charge is 0.133 e. The van der Waals surface area contributed by atoms with Gasteiger partial charge >= 0.3 is 0 Å². The molecular formula is C15H17FN2O. The summed E-state index contributed by atoms with van der Waals surface area (Å²) in [6.45, 7) is 2.36. The highest BCUT2D eigenvalue weighted by Crippen LogP contribution is 2.38. The Labute approximate surface area is 111 Å². The van der Waals surface area contributed by atoms with E-state index in [2.05, 4.69) is 4.98 Å². The van der Waals surface area contributed by atoms with E-state index < -0.39 is 11.6 Å². The number of para-hydroxylation sites is 2. The van der Waals surface area contributed by atoms with Crippen LogP contribution in [0.3, 0.4) is 0 Å². The molecule has 1 aromatic heterocycles. The highest BCUT2D eigenvalue weighted by atomic mass is 19.1. The predicted molar refractivity (Wildman–Crippen MR) is 71.6 cm³/mol. The zero-order valence-corrected chi connectivity index (χ0v) is 11.0. The Morgan fingerprint density at radius 1 is 1.47 bits per heavy atom. The van der Waals surface area contributed by atoms with Gasteiger partial charge in [0.1, 0.15) is 12.0 Å². The number of halogens is 1. The average Bonchev–Trinajstić information content (AvgIpc) is 2.78. The molecule has 0 N–H and O–H groups in total. The van der Waals surface area contributed by atoms with Gasteiger partial charge in [0.05, 0.1) is 17.4 Å². The van der Waals surface area contributed by atoms with Gasteiger partial charge in [-0.2, -0.15) is 0 Å². The molecule has 1 heterocycles. The number of aromatic nitrogens is 2. The van der Waals surface area contributed by atoms with Gasteiger partial charge in [-0.15, -0.1) is 0 Å². The third kappa shape index (κ3) is 2.15. The summed E-state index contributed by atoms with van der Waals surface area (Å²) in [7, 11) is 0. The Kier molecular flexibility index (Phi) is 2.88. The number of Topliss-reactive ketones (excluding diaryl/α,β-unsaturated/α-hetero) is 1. The molecular weight excluding hydrogens is 243 g/mol. The molecule has 4 heteroatoms. The lowest BCUT2D eigenvalue weighted by Gasteiger charge is -2.36. The molecule has 0 saturated heterocycles. The van der Waals surface area contributed by atoms with Crippen molar-refractivity contribution in [2.45, 2.75) is 38.9 Å². The minimum Gasteiger partial charge on any atom is -0.330 e. The summed E-state index contributed by atoms with van der Waals surface area (Å²) in [6, 6.07) is 7.79. The van der Waals surface area contributed by atoms with Crippen LogP contribution >= 0.6 is 0 Å². The van der Waals surface area contributed by atoms with Crippen LogP contribution in [0.15, 0.2) is 30.6 Å². The van der Waals surface area contributed by atoms with Crippen LogP contribution in [0, 0.1) is 5.41 Å².